The van der Waals surface area contributed by atoms with Gasteiger partial charge in [0.05, 0.1) is 0 Å². The molecule has 0 spiro atoms. The highest BCUT2D eigenvalue weighted by atomic mass is 14.9. The molecule has 0 radical (unpaired) electrons. The van der Waals surface area contributed by atoms with E-state index in [1.165, 1.54) is 58.0 Å². The van der Waals surface area contributed by atoms with Crippen molar-refractivity contribution in [1.82, 2.24) is 5.32 Å². The molecule has 0 amide bonds. The van der Waals surface area contributed by atoms with Crippen molar-refractivity contribution in [1.29, 1.82) is 0 Å². The number of hydrogen-bond acceptors (Lipinski definition) is 1. The highest BCUT2D eigenvalue weighted by Crippen LogP contribution is 2.49. The molecule has 0 heterocycles. The molecule has 1 nitrogen and oxygen atoms in total. The predicted octanol–water partition coefficient (Wildman–Crippen LogP) is 3.35. The minimum absolute atomic E-state index is 0.740. The van der Waals surface area contributed by atoms with Gasteiger partial charge in [-0.1, -0.05) is 33.1 Å². The van der Waals surface area contributed by atoms with Crippen LogP contribution < -0.4 is 5.32 Å². The van der Waals surface area contributed by atoms with Crippen LogP contribution in [0.5, 0.6) is 0 Å². The molecule has 0 bridgehead atoms. The van der Waals surface area contributed by atoms with Crippen LogP contribution in [-0.2, 0) is 0 Å². The van der Waals surface area contributed by atoms with E-state index in [2.05, 4.69) is 19.2 Å². The summed E-state index contributed by atoms with van der Waals surface area (Å²) in [6, 6.07) is 0. The zero-order chi connectivity index (χ0) is 9.57. The molecule has 1 aliphatic carbocycles. The Balaban J connectivity index is 2.01. The minimum atomic E-state index is 0.740. The van der Waals surface area contributed by atoms with Gasteiger partial charge in [0.15, 0.2) is 0 Å². The molecular formula is C12H25N. The molecule has 0 aromatic carbocycles. The van der Waals surface area contributed by atoms with Gasteiger partial charge in [-0.15, -0.1) is 0 Å². The summed E-state index contributed by atoms with van der Waals surface area (Å²) in [4.78, 5) is 0. The SMILES string of the molecule is CCCCCC1(CNCCC)CC1. The average Bonchev–Trinajstić information content (AvgIpc) is 2.87. The lowest BCUT2D eigenvalue weighted by Gasteiger charge is -2.15. The van der Waals surface area contributed by atoms with E-state index < -0.39 is 0 Å². The summed E-state index contributed by atoms with van der Waals surface area (Å²) >= 11 is 0. The summed E-state index contributed by atoms with van der Waals surface area (Å²) in [5.41, 5.74) is 0.740. The molecule has 0 aromatic rings. The van der Waals surface area contributed by atoms with Gasteiger partial charge in [0.25, 0.3) is 0 Å². The minimum Gasteiger partial charge on any atom is -0.316 e. The van der Waals surface area contributed by atoms with Crippen LogP contribution in [0, 0.1) is 5.41 Å². The zero-order valence-corrected chi connectivity index (χ0v) is 9.36. The highest BCUT2D eigenvalue weighted by Gasteiger charge is 2.40. The third-order valence-corrected chi connectivity index (χ3v) is 3.19. The topological polar surface area (TPSA) is 12.0 Å². The molecule has 1 aliphatic rings. The van der Waals surface area contributed by atoms with Crippen LogP contribution in [0.25, 0.3) is 0 Å². The van der Waals surface area contributed by atoms with Gasteiger partial charge in [-0.3, -0.25) is 0 Å². The van der Waals surface area contributed by atoms with Crippen LogP contribution in [0.3, 0.4) is 0 Å². The number of nitrogens with one attached hydrogen (secondary N) is 1. The molecule has 1 heteroatoms. The van der Waals surface area contributed by atoms with Crippen LogP contribution >= 0.6 is 0 Å². The Morgan fingerprint density at radius 2 is 1.85 bits per heavy atom. The standard InChI is InChI=1S/C12H25N/c1-3-5-6-7-12(8-9-12)11-13-10-4-2/h13H,3-11H2,1-2H3. The summed E-state index contributed by atoms with van der Waals surface area (Å²) in [6.45, 7) is 7.01. The van der Waals surface area contributed by atoms with E-state index in [-0.39, 0.29) is 0 Å². The van der Waals surface area contributed by atoms with E-state index in [0.29, 0.717) is 0 Å². The molecule has 1 rings (SSSR count). The van der Waals surface area contributed by atoms with Crippen molar-refractivity contribution in [3.8, 4) is 0 Å². The van der Waals surface area contributed by atoms with Gasteiger partial charge in [0, 0.05) is 6.54 Å². The molecule has 1 saturated carbocycles. The van der Waals surface area contributed by atoms with Crippen molar-refractivity contribution >= 4 is 0 Å². The third-order valence-electron chi connectivity index (χ3n) is 3.19. The van der Waals surface area contributed by atoms with Crippen LogP contribution in [0.15, 0.2) is 0 Å². The first-order chi connectivity index (χ1) is 6.33. The molecule has 0 aliphatic heterocycles. The van der Waals surface area contributed by atoms with Crippen molar-refractivity contribution in [2.24, 2.45) is 5.41 Å². The Kier molecular flexibility index (Phi) is 4.79. The van der Waals surface area contributed by atoms with Crippen LogP contribution in [0.4, 0.5) is 0 Å². The summed E-state index contributed by atoms with van der Waals surface area (Å²) in [7, 11) is 0. The molecule has 78 valence electrons. The van der Waals surface area contributed by atoms with Gasteiger partial charge < -0.3 is 5.32 Å². The lowest BCUT2D eigenvalue weighted by molar-refractivity contribution is 0.407. The molecule has 1 fully saturated rings. The Labute approximate surface area is 83.3 Å². The van der Waals surface area contributed by atoms with Crippen molar-refractivity contribution in [2.45, 2.75) is 58.8 Å². The zero-order valence-electron chi connectivity index (χ0n) is 9.36. The first-order valence-electron chi connectivity index (χ1n) is 6.04. The highest BCUT2D eigenvalue weighted by molar-refractivity contribution is 4.94. The summed E-state index contributed by atoms with van der Waals surface area (Å²) in [6.07, 6.45) is 9.93. The fourth-order valence-electron chi connectivity index (χ4n) is 1.97. The van der Waals surface area contributed by atoms with E-state index in [1.54, 1.807) is 0 Å². The van der Waals surface area contributed by atoms with Crippen molar-refractivity contribution in [2.75, 3.05) is 13.1 Å². The smallest absolute Gasteiger partial charge is 0.000781 e. The second kappa shape index (κ2) is 5.64. The van der Waals surface area contributed by atoms with Gasteiger partial charge in [0.2, 0.25) is 0 Å². The quantitative estimate of drug-likeness (QED) is 0.569. The molecule has 0 atom stereocenters. The average molecular weight is 183 g/mol. The van der Waals surface area contributed by atoms with Crippen molar-refractivity contribution in [3.05, 3.63) is 0 Å². The van der Waals surface area contributed by atoms with Gasteiger partial charge >= 0.3 is 0 Å². The van der Waals surface area contributed by atoms with Gasteiger partial charge in [-0.25, -0.2) is 0 Å². The number of rotatable bonds is 8. The fourth-order valence-corrected chi connectivity index (χ4v) is 1.97. The molecule has 0 aromatic heterocycles. The number of hydrogen-bond donors (Lipinski definition) is 1. The van der Waals surface area contributed by atoms with E-state index >= 15 is 0 Å². The first-order valence-corrected chi connectivity index (χ1v) is 6.04. The van der Waals surface area contributed by atoms with Gasteiger partial charge in [-0.2, -0.15) is 0 Å². The van der Waals surface area contributed by atoms with E-state index in [0.717, 1.165) is 5.41 Å². The lowest BCUT2D eigenvalue weighted by Crippen LogP contribution is -2.24. The Morgan fingerprint density at radius 3 is 2.38 bits per heavy atom. The molecule has 0 saturated heterocycles. The summed E-state index contributed by atoms with van der Waals surface area (Å²) < 4.78 is 0. The lowest BCUT2D eigenvalue weighted by atomic mass is 9.98. The summed E-state index contributed by atoms with van der Waals surface area (Å²) in [5.74, 6) is 0. The third kappa shape index (κ3) is 4.12. The fraction of sp³-hybridized carbons (Fsp3) is 1.00. The summed E-state index contributed by atoms with van der Waals surface area (Å²) in [5, 5.41) is 3.56. The normalized spacial score (nSPS) is 18.9. The maximum Gasteiger partial charge on any atom is 0.000781 e. The van der Waals surface area contributed by atoms with E-state index in [4.69, 9.17) is 0 Å². The predicted molar refractivity (Wildman–Crippen MR) is 59.0 cm³/mol. The molecule has 1 N–H and O–H groups in total. The Morgan fingerprint density at radius 1 is 1.08 bits per heavy atom. The molecule has 0 unspecified atom stereocenters. The maximum absolute atomic E-state index is 3.56. The van der Waals surface area contributed by atoms with Gasteiger partial charge in [-0.05, 0) is 37.6 Å². The van der Waals surface area contributed by atoms with Crippen LogP contribution in [0.1, 0.15) is 58.8 Å². The Hall–Kier alpha value is -0.0400. The monoisotopic (exact) mass is 183 g/mol. The van der Waals surface area contributed by atoms with Crippen molar-refractivity contribution in [3.63, 3.8) is 0 Å². The van der Waals surface area contributed by atoms with E-state index in [9.17, 15) is 0 Å². The maximum atomic E-state index is 3.56. The largest absolute Gasteiger partial charge is 0.316 e. The van der Waals surface area contributed by atoms with Crippen LogP contribution in [0.2, 0.25) is 0 Å². The van der Waals surface area contributed by atoms with Gasteiger partial charge in [0.1, 0.15) is 0 Å². The molecular weight excluding hydrogens is 158 g/mol. The van der Waals surface area contributed by atoms with E-state index in [1.807, 2.05) is 0 Å². The number of unbranched alkanes of at least 4 members (excludes halogenated alkanes) is 2. The second-order valence-corrected chi connectivity index (χ2v) is 4.63. The second-order valence-electron chi connectivity index (χ2n) is 4.63. The van der Waals surface area contributed by atoms with Crippen LogP contribution in [-0.4, -0.2) is 13.1 Å². The Bertz CT molecular complexity index is 115. The first kappa shape index (κ1) is 11.0. The molecule has 13 heavy (non-hydrogen) atoms. The van der Waals surface area contributed by atoms with Crippen molar-refractivity contribution < 1.29 is 0 Å².